The van der Waals surface area contributed by atoms with Gasteiger partial charge in [0.2, 0.25) is 0 Å². The molecule has 1 aromatic heterocycles. The number of piperidine rings is 1. The summed E-state index contributed by atoms with van der Waals surface area (Å²) in [6, 6.07) is 3.65. The Hall–Kier alpha value is -1.95. The van der Waals surface area contributed by atoms with Crippen molar-refractivity contribution in [1.82, 2.24) is 14.8 Å². The van der Waals surface area contributed by atoms with E-state index >= 15 is 0 Å². The average molecular weight is 361 g/mol. The van der Waals surface area contributed by atoms with E-state index in [1.807, 2.05) is 31.1 Å². The van der Waals surface area contributed by atoms with Crippen LogP contribution in [-0.2, 0) is 4.79 Å². The zero-order valence-corrected chi connectivity index (χ0v) is 16.5. The monoisotopic (exact) mass is 360 g/mol. The smallest absolute Gasteiger partial charge is 0.255 e. The number of aromatic nitrogens is 1. The summed E-state index contributed by atoms with van der Waals surface area (Å²) in [6.07, 6.45) is 4.00. The predicted molar refractivity (Wildman–Crippen MR) is 104 cm³/mol. The van der Waals surface area contributed by atoms with Gasteiger partial charge in [0.1, 0.15) is 11.6 Å². The van der Waals surface area contributed by atoms with E-state index in [2.05, 4.69) is 29.0 Å². The zero-order valence-electron chi connectivity index (χ0n) is 16.5. The summed E-state index contributed by atoms with van der Waals surface area (Å²) in [7, 11) is 4.04. The molecule has 0 aliphatic carbocycles. The SMILES string of the molecule is CC(C)CC(=O)[C@@H]1CCCN(C(=O)c2ccc(NCCN(C)C)nc2)C1. The van der Waals surface area contributed by atoms with Gasteiger partial charge in [0.25, 0.3) is 5.91 Å². The summed E-state index contributed by atoms with van der Waals surface area (Å²) in [5.41, 5.74) is 0.583. The lowest BCUT2D eigenvalue weighted by Crippen LogP contribution is -2.42. The van der Waals surface area contributed by atoms with Crippen molar-refractivity contribution in [3.8, 4) is 0 Å². The van der Waals surface area contributed by atoms with Gasteiger partial charge in [-0.25, -0.2) is 4.98 Å². The first-order valence-electron chi connectivity index (χ1n) is 9.53. The maximum absolute atomic E-state index is 12.8. The molecular weight excluding hydrogens is 328 g/mol. The van der Waals surface area contributed by atoms with Crippen LogP contribution < -0.4 is 5.32 Å². The fourth-order valence-electron chi connectivity index (χ4n) is 3.21. The Morgan fingerprint density at radius 2 is 2.12 bits per heavy atom. The first-order chi connectivity index (χ1) is 12.4. The molecule has 2 heterocycles. The quantitative estimate of drug-likeness (QED) is 0.772. The van der Waals surface area contributed by atoms with Crippen LogP contribution in [0.25, 0.3) is 0 Å². The van der Waals surface area contributed by atoms with Crippen LogP contribution >= 0.6 is 0 Å². The van der Waals surface area contributed by atoms with Crippen molar-refractivity contribution in [3.63, 3.8) is 0 Å². The number of nitrogens with zero attached hydrogens (tertiary/aromatic N) is 3. The molecule has 6 nitrogen and oxygen atoms in total. The molecule has 26 heavy (non-hydrogen) atoms. The Labute approximate surface area is 157 Å². The lowest BCUT2D eigenvalue weighted by atomic mass is 9.89. The number of hydrogen-bond donors (Lipinski definition) is 1. The molecule has 1 aliphatic rings. The van der Waals surface area contributed by atoms with Gasteiger partial charge in [0.05, 0.1) is 5.56 Å². The van der Waals surface area contributed by atoms with E-state index in [1.165, 1.54) is 0 Å². The number of nitrogens with one attached hydrogen (secondary N) is 1. The Kier molecular flexibility index (Phi) is 7.57. The molecule has 0 spiro atoms. The molecule has 0 unspecified atom stereocenters. The molecule has 1 amide bonds. The number of pyridine rings is 1. The van der Waals surface area contributed by atoms with Crippen molar-refractivity contribution in [3.05, 3.63) is 23.9 Å². The zero-order chi connectivity index (χ0) is 19.1. The molecule has 144 valence electrons. The van der Waals surface area contributed by atoms with E-state index in [9.17, 15) is 9.59 Å². The largest absolute Gasteiger partial charge is 0.369 e. The third kappa shape index (κ3) is 6.09. The van der Waals surface area contributed by atoms with Gasteiger partial charge in [-0.1, -0.05) is 13.8 Å². The number of hydrogen-bond acceptors (Lipinski definition) is 5. The Bertz CT molecular complexity index is 598. The van der Waals surface area contributed by atoms with Gasteiger partial charge in [-0.05, 0) is 45.0 Å². The minimum absolute atomic E-state index is 0.0185. The minimum atomic E-state index is -0.0283. The molecule has 1 N–H and O–H groups in total. The molecule has 1 saturated heterocycles. The number of anilines is 1. The number of likely N-dealkylation sites (tertiary alicyclic amines) is 1. The highest BCUT2D eigenvalue weighted by Gasteiger charge is 2.29. The third-order valence-corrected chi connectivity index (χ3v) is 4.65. The van der Waals surface area contributed by atoms with Crippen LogP contribution in [0.2, 0.25) is 0 Å². The molecule has 2 rings (SSSR count). The summed E-state index contributed by atoms with van der Waals surface area (Å²) in [4.78, 5) is 33.3. The minimum Gasteiger partial charge on any atom is -0.369 e. The van der Waals surface area contributed by atoms with Crippen LogP contribution in [0.4, 0.5) is 5.82 Å². The van der Waals surface area contributed by atoms with Crippen LogP contribution in [0.1, 0.15) is 43.5 Å². The van der Waals surface area contributed by atoms with Crippen molar-refractivity contribution < 1.29 is 9.59 Å². The summed E-state index contributed by atoms with van der Waals surface area (Å²) < 4.78 is 0. The first kappa shape index (κ1) is 20.4. The van der Waals surface area contributed by atoms with Gasteiger partial charge in [-0.15, -0.1) is 0 Å². The van der Waals surface area contributed by atoms with Crippen LogP contribution in [0.5, 0.6) is 0 Å². The van der Waals surface area contributed by atoms with Crippen molar-refractivity contribution in [2.75, 3.05) is 45.6 Å². The van der Waals surface area contributed by atoms with Gasteiger partial charge in [0.15, 0.2) is 0 Å². The molecule has 0 radical (unpaired) electrons. The van der Waals surface area contributed by atoms with Crippen LogP contribution in [0, 0.1) is 11.8 Å². The molecule has 0 saturated carbocycles. The number of likely N-dealkylation sites (N-methyl/N-ethyl adjacent to an activating group) is 1. The summed E-state index contributed by atoms with van der Waals surface area (Å²) >= 11 is 0. The second-order valence-electron chi connectivity index (χ2n) is 7.82. The van der Waals surface area contributed by atoms with Gasteiger partial charge in [-0.2, -0.15) is 0 Å². The molecule has 6 heteroatoms. The number of carbonyl (C=O) groups excluding carboxylic acids is 2. The highest BCUT2D eigenvalue weighted by atomic mass is 16.2. The van der Waals surface area contributed by atoms with Crippen LogP contribution in [0.3, 0.4) is 0 Å². The second kappa shape index (κ2) is 9.67. The predicted octanol–water partition coefficient (Wildman–Crippen LogP) is 2.52. The van der Waals surface area contributed by atoms with Crippen molar-refractivity contribution in [2.45, 2.75) is 33.1 Å². The number of amides is 1. The van der Waals surface area contributed by atoms with Crippen molar-refractivity contribution >= 4 is 17.5 Å². The third-order valence-electron chi connectivity index (χ3n) is 4.65. The number of Topliss-reactive ketones (excluding diaryl/α,β-unsaturated/α-hetero) is 1. The molecular formula is C20H32N4O2. The van der Waals surface area contributed by atoms with Crippen molar-refractivity contribution in [2.24, 2.45) is 11.8 Å². The second-order valence-corrected chi connectivity index (χ2v) is 7.82. The van der Waals surface area contributed by atoms with Gasteiger partial charge in [-0.3, -0.25) is 9.59 Å². The number of rotatable bonds is 8. The van der Waals surface area contributed by atoms with E-state index in [1.54, 1.807) is 6.20 Å². The van der Waals surface area contributed by atoms with Gasteiger partial charge >= 0.3 is 0 Å². The van der Waals surface area contributed by atoms with Crippen molar-refractivity contribution in [1.29, 1.82) is 0 Å². The number of ketones is 1. The fourth-order valence-corrected chi connectivity index (χ4v) is 3.21. The highest BCUT2D eigenvalue weighted by Crippen LogP contribution is 2.22. The number of carbonyl (C=O) groups is 2. The fraction of sp³-hybridized carbons (Fsp3) is 0.650. The summed E-state index contributed by atoms with van der Waals surface area (Å²) in [5.74, 6) is 1.38. The Morgan fingerprint density at radius 3 is 2.73 bits per heavy atom. The topological polar surface area (TPSA) is 65.5 Å². The standard InChI is InChI=1S/C20H32N4O2/c1-15(2)12-18(25)17-6-5-10-24(14-17)20(26)16-7-8-19(22-13-16)21-9-11-23(3)4/h7-8,13,15,17H,5-6,9-12,14H2,1-4H3,(H,21,22)/t17-/m1/s1. The average Bonchev–Trinajstić information content (AvgIpc) is 2.61. The molecule has 1 atom stereocenters. The lowest BCUT2D eigenvalue weighted by Gasteiger charge is -2.32. The maximum atomic E-state index is 12.8. The normalized spacial score (nSPS) is 17.6. The summed E-state index contributed by atoms with van der Waals surface area (Å²) in [5, 5.41) is 3.24. The van der Waals surface area contributed by atoms with E-state index < -0.39 is 0 Å². The maximum Gasteiger partial charge on any atom is 0.255 e. The van der Waals surface area contributed by atoms with Crippen LogP contribution in [-0.4, -0.2) is 66.7 Å². The Morgan fingerprint density at radius 1 is 1.35 bits per heavy atom. The Balaban J connectivity index is 1.92. The molecule has 1 aliphatic heterocycles. The van der Waals surface area contributed by atoms with E-state index in [4.69, 9.17) is 0 Å². The van der Waals surface area contributed by atoms with E-state index in [0.717, 1.165) is 31.7 Å². The molecule has 1 fully saturated rings. The summed E-state index contributed by atoms with van der Waals surface area (Å²) in [6.45, 7) is 7.09. The molecule has 1 aromatic rings. The molecule has 0 aromatic carbocycles. The van der Waals surface area contributed by atoms with Gasteiger partial charge < -0.3 is 15.1 Å². The van der Waals surface area contributed by atoms with Crippen LogP contribution in [0.15, 0.2) is 18.3 Å². The first-order valence-corrected chi connectivity index (χ1v) is 9.53. The highest BCUT2D eigenvalue weighted by molar-refractivity contribution is 5.94. The van der Waals surface area contributed by atoms with E-state index in [-0.39, 0.29) is 17.6 Å². The molecule has 0 bridgehead atoms. The lowest BCUT2D eigenvalue weighted by molar-refractivity contribution is -0.124. The van der Waals surface area contributed by atoms with E-state index in [0.29, 0.717) is 31.0 Å². The van der Waals surface area contributed by atoms with Gasteiger partial charge in [0, 0.05) is 44.7 Å².